The van der Waals surface area contributed by atoms with Crippen LogP contribution in [0.3, 0.4) is 0 Å². The van der Waals surface area contributed by atoms with Crippen molar-refractivity contribution in [2.75, 3.05) is 6.61 Å². The van der Waals surface area contributed by atoms with Crippen LogP contribution in [0.1, 0.15) is 73.6 Å². The Balaban J connectivity index is 1.68. The number of ether oxygens (including phenoxy) is 3. The third kappa shape index (κ3) is 3.10. The summed E-state index contributed by atoms with van der Waals surface area (Å²) >= 11 is -0.930. The van der Waals surface area contributed by atoms with E-state index in [2.05, 4.69) is 47.8 Å². The predicted molar refractivity (Wildman–Crippen MR) is 135 cm³/mol. The first kappa shape index (κ1) is 27.1. The number of halogens is 1. The maximum absolute atomic E-state index is 13.9. The molecule has 2 bridgehead atoms. The average molecular weight is 624 g/mol. The van der Waals surface area contributed by atoms with Gasteiger partial charge in [0, 0.05) is 0 Å². The van der Waals surface area contributed by atoms with E-state index in [9.17, 15) is 14.4 Å². The van der Waals surface area contributed by atoms with Crippen molar-refractivity contribution in [3.05, 3.63) is 36.5 Å². The van der Waals surface area contributed by atoms with Crippen LogP contribution in [-0.2, 0) is 28.6 Å². The fourth-order valence-corrected chi connectivity index (χ4v) is 13.5. The molecule has 0 N–H and O–H groups in total. The normalized spacial score (nSPS) is 46.3. The predicted octanol–water partition coefficient (Wildman–Crippen LogP) is 2.12. The van der Waals surface area contributed by atoms with Crippen LogP contribution in [0.2, 0.25) is 0 Å². The van der Waals surface area contributed by atoms with E-state index in [1.165, 1.54) is 6.08 Å². The van der Waals surface area contributed by atoms with Crippen molar-refractivity contribution < 1.29 is 49.8 Å². The fourth-order valence-electron chi connectivity index (χ4n) is 8.90. The van der Waals surface area contributed by atoms with Gasteiger partial charge in [-0.05, 0) is 0 Å². The van der Waals surface area contributed by atoms with E-state index in [0.717, 1.165) is 24.8 Å². The summed E-state index contributed by atoms with van der Waals surface area (Å²) in [4.78, 5) is 40.4. The van der Waals surface area contributed by atoms with Crippen molar-refractivity contribution >= 4 is 17.7 Å². The quantitative estimate of drug-likeness (QED) is 0.119. The molecule has 3 aliphatic carbocycles. The molecule has 5 rings (SSSR count). The maximum atomic E-state index is 13.9. The van der Waals surface area contributed by atoms with Gasteiger partial charge in [-0.25, -0.2) is 0 Å². The SMILES string of the molecule is C=C1C(=O)C23CC1CCC2(C)C12COC(OC(=O)/C=C/CC)[I-]C1(C)C(C)(C)C(C(=C)C)CC2OC3=O. The Morgan fingerprint density at radius 3 is 2.59 bits per heavy atom. The van der Waals surface area contributed by atoms with Crippen molar-refractivity contribution in [2.24, 2.45) is 33.5 Å². The van der Waals surface area contributed by atoms with E-state index in [0.29, 0.717) is 18.4 Å². The van der Waals surface area contributed by atoms with Gasteiger partial charge in [-0.1, -0.05) is 0 Å². The summed E-state index contributed by atoms with van der Waals surface area (Å²) in [5.74, 6) is -0.758. The Morgan fingerprint density at radius 2 is 1.95 bits per heavy atom. The van der Waals surface area contributed by atoms with Crippen molar-refractivity contribution in [1.29, 1.82) is 0 Å². The molecular weight excluding hydrogens is 583 g/mol. The van der Waals surface area contributed by atoms with Crippen LogP contribution in [0.25, 0.3) is 0 Å². The van der Waals surface area contributed by atoms with Gasteiger partial charge in [0.2, 0.25) is 0 Å². The van der Waals surface area contributed by atoms with Gasteiger partial charge in [0.25, 0.3) is 0 Å². The summed E-state index contributed by atoms with van der Waals surface area (Å²) < 4.78 is 17.7. The molecule has 0 aromatic carbocycles. The first-order valence-corrected chi connectivity index (χ1v) is 15.8. The molecule has 8 unspecified atom stereocenters. The standard InChI is InChI=1S/C30H40IO6/c1-9-10-11-22(32)37-25-31-28(8)26(5,6)20(17(2)3)14-21-30(28,16-35-25)27(7)13-12-19-15-29(27,24(34)36-21)23(33)18(19)4/h10-11,19-21,25H,2,4,9,12-16H2,1,3,5-8H3/q-1/b11-10+. The molecule has 37 heavy (non-hydrogen) atoms. The number of hydrogen-bond donors (Lipinski definition) is 0. The fraction of sp³-hybridized carbons (Fsp3) is 0.700. The number of carbonyl (C=O) groups is 3. The number of hydrogen-bond acceptors (Lipinski definition) is 6. The van der Waals surface area contributed by atoms with Gasteiger partial charge in [0.15, 0.2) is 0 Å². The first-order valence-electron chi connectivity index (χ1n) is 13.5. The third-order valence-corrected chi connectivity index (χ3v) is 15.9. The molecule has 2 aliphatic heterocycles. The second kappa shape index (κ2) is 8.51. The Morgan fingerprint density at radius 1 is 1.24 bits per heavy atom. The minimum atomic E-state index is -1.22. The van der Waals surface area contributed by atoms with E-state index in [4.69, 9.17) is 14.2 Å². The van der Waals surface area contributed by atoms with E-state index in [1.807, 2.05) is 6.92 Å². The molecule has 5 fully saturated rings. The molecule has 7 heteroatoms. The molecule has 0 aromatic heterocycles. The zero-order chi connectivity index (χ0) is 27.2. The van der Waals surface area contributed by atoms with Crippen molar-refractivity contribution in [3.63, 3.8) is 0 Å². The van der Waals surface area contributed by atoms with Crippen LogP contribution in [0, 0.1) is 33.5 Å². The Labute approximate surface area is 230 Å². The van der Waals surface area contributed by atoms with Gasteiger partial charge in [-0.3, -0.25) is 0 Å². The summed E-state index contributed by atoms with van der Waals surface area (Å²) in [5, 5.41) is 0. The molecule has 0 amide bonds. The molecule has 5 aliphatic rings. The summed E-state index contributed by atoms with van der Waals surface area (Å²) in [6, 6.07) is 0. The summed E-state index contributed by atoms with van der Waals surface area (Å²) in [6.07, 6.45) is 6.32. The minimum absolute atomic E-state index is 0.0327. The average Bonchev–Trinajstić information content (AvgIpc) is 3.04. The van der Waals surface area contributed by atoms with Gasteiger partial charge in [0.05, 0.1) is 0 Å². The number of fused-ring (bicyclic) bond motifs is 1. The number of carbonyl (C=O) groups excluding carboxylic acids is 3. The van der Waals surface area contributed by atoms with E-state index < -0.39 is 53.8 Å². The van der Waals surface area contributed by atoms with Crippen molar-refractivity contribution in [1.82, 2.24) is 0 Å². The van der Waals surface area contributed by atoms with E-state index in [-0.39, 0.29) is 39.0 Å². The Kier molecular flexibility index (Phi) is 6.23. The Hall–Kier alpha value is -1.48. The number of alkyl halides is 2. The molecule has 2 heterocycles. The van der Waals surface area contributed by atoms with Gasteiger partial charge < -0.3 is 0 Å². The zero-order valence-electron chi connectivity index (χ0n) is 22.9. The molecule has 2 spiro atoms. The van der Waals surface area contributed by atoms with E-state index in [1.54, 1.807) is 6.08 Å². The molecular formula is C30H40IO6-. The number of rotatable bonds is 4. The van der Waals surface area contributed by atoms with Crippen LogP contribution in [0.5, 0.6) is 0 Å². The van der Waals surface area contributed by atoms with Crippen LogP contribution in [0.4, 0.5) is 0 Å². The first-order chi connectivity index (χ1) is 17.2. The third-order valence-electron chi connectivity index (χ3n) is 11.2. The molecule has 8 atom stereocenters. The summed E-state index contributed by atoms with van der Waals surface area (Å²) in [5.41, 5.74) is -1.09. The molecule has 3 saturated carbocycles. The number of esters is 2. The molecule has 0 radical (unpaired) electrons. The molecule has 2 saturated heterocycles. The van der Waals surface area contributed by atoms with Gasteiger partial charge in [-0.2, -0.15) is 0 Å². The number of Topliss-reactive ketones (excluding diaryl/α,β-unsaturated/α-hetero) is 1. The number of allylic oxidation sites excluding steroid dienone is 3. The van der Waals surface area contributed by atoms with Crippen molar-refractivity contribution in [2.45, 2.75) is 87.5 Å². The molecule has 0 aromatic rings. The second-order valence-corrected chi connectivity index (χ2v) is 16.5. The van der Waals surface area contributed by atoms with Gasteiger partial charge in [-0.15, -0.1) is 0 Å². The van der Waals surface area contributed by atoms with Crippen LogP contribution in [0.15, 0.2) is 36.5 Å². The van der Waals surface area contributed by atoms with Crippen LogP contribution in [-0.4, -0.2) is 38.2 Å². The van der Waals surface area contributed by atoms with Gasteiger partial charge >= 0.3 is 232 Å². The molecule has 204 valence electrons. The van der Waals surface area contributed by atoms with Crippen molar-refractivity contribution in [3.8, 4) is 0 Å². The summed E-state index contributed by atoms with van der Waals surface area (Å²) in [6.45, 7) is 21.8. The van der Waals surface area contributed by atoms with Gasteiger partial charge in [0.1, 0.15) is 0 Å². The van der Waals surface area contributed by atoms with E-state index >= 15 is 0 Å². The van der Waals surface area contributed by atoms with Crippen LogP contribution < -0.4 is 21.2 Å². The molecule has 6 nitrogen and oxygen atoms in total. The topological polar surface area (TPSA) is 78.9 Å². The zero-order valence-corrected chi connectivity index (χ0v) is 25.1. The summed E-state index contributed by atoms with van der Waals surface area (Å²) in [7, 11) is 0. The monoisotopic (exact) mass is 623 g/mol. The number of ketones is 1. The Bertz CT molecular complexity index is 1120. The van der Waals surface area contributed by atoms with Crippen LogP contribution >= 0.6 is 0 Å². The second-order valence-electron chi connectivity index (χ2n) is 12.7.